The molecule has 36 heavy (non-hydrogen) atoms. The van der Waals surface area contributed by atoms with Crippen LogP contribution in [0.25, 0.3) is 0 Å². The number of hydrogen-bond donors (Lipinski definition) is 2. The molecule has 202 valence electrons. The van der Waals surface area contributed by atoms with Gasteiger partial charge in [-0.1, -0.05) is 53.4 Å². The van der Waals surface area contributed by atoms with Gasteiger partial charge in [-0.15, -0.1) is 0 Å². The van der Waals surface area contributed by atoms with E-state index in [4.69, 9.17) is 11.5 Å². The van der Waals surface area contributed by atoms with Gasteiger partial charge in [-0.2, -0.15) is 17.6 Å². The molecule has 0 heterocycles. The van der Waals surface area contributed by atoms with E-state index < -0.39 is 23.0 Å². The van der Waals surface area contributed by atoms with Gasteiger partial charge in [-0.05, 0) is 97.9 Å². The van der Waals surface area contributed by atoms with Gasteiger partial charge in [0.05, 0.1) is 0 Å². The van der Waals surface area contributed by atoms with Crippen molar-refractivity contribution in [2.75, 3.05) is 11.5 Å². The van der Waals surface area contributed by atoms with E-state index in [2.05, 4.69) is 0 Å². The highest BCUT2D eigenvalue weighted by molar-refractivity contribution is 5.59. The first-order chi connectivity index (χ1) is 17.0. The predicted molar refractivity (Wildman–Crippen MR) is 144 cm³/mol. The molecule has 0 amide bonds. The maximum absolute atomic E-state index is 15.8. The molecule has 6 heteroatoms. The molecule has 2 aromatic carbocycles. The van der Waals surface area contributed by atoms with Crippen molar-refractivity contribution >= 4 is 11.4 Å². The smallest absolute Gasteiger partial charge is 0.339 e. The van der Waals surface area contributed by atoms with E-state index >= 15 is 17.6 Å². The molecular formula is C30H44F4N2. The summed E-state index contributed by atoms with van der Waals surface area (Å²) in [6, 6.07) is 4.78. The third kappa shape index (κ3) is 6.74. The van der Waals surface area contributed by atoms with Gasteiger partial charge < -0.3 is 11.5 Å². The van der Waals surface area contributed by atoms with E-state index in [1.54, 1.807) is 0 Å². The van der Waals surface area contributed by atoms with Gasteiger partial charge in [0.25, 0.3) is 0 Å². The predicted octanol–water partition coefficient (Wildman–Crippen LogP) is 9.11. The maximum atomic E-state index is 15.8. The topological polar surface area (TPSA) is 52.0 Å². The van der Waals surface area contributed by atoms with Crippen LogP contribution in [0.5, 0.6) is 0 Å². The fourth-order valence-corrected chi connectivity index (χ4v) is 4.58. The largest absolute Gasteiger partial charge is 0.398 e. The molecule has 2 nitrogen and oxygen atoms in total. The number of aryl methyl sites for hydroxylation is 4. The second kappa shape index (κ2) is 13.3. The SMILES string of the molecule is CCCCc1cc(C(F)(F)C(F)(F)c2cc(CCCC)c(N)c(CCCC)c2)cc(CCCC)c1N. The van der Waals surface area contributed by atoms with Gasteiger partial charge in [-0.3, -0.25) is 0 Å². The molecule has 0 aliphatic heterocycles. The molecule has 0 atom stereocenters. The van der Waals surface area contributed by atoms with Crippen molar-refractivity contribution in [3.05, 3.63) is 57.6 Å². The van der Waals surface area contributed by atoms with E-state index in [0.29, 0.717) is 59.3 Å². The minimum atomic E-state index is -4.40. The van der Waals surface area contributed by atoms with Crippen molar-refractivity contribution < 1.29 is 17.6 Å². The molecule has 0 aromatic heterocycles. The second-order valence-electron chi connectivity index (χ2n) is 9.98. The molecule has 0 aliphatic rings. The van der Waals surface area contributed by atoms with Crippen molar-refractivity contribution in [1.29, 1.82) is 0 Å². The summed E-state index contributed by atoms with van der Waals surface area (Å²) < 4.78 is 63.2. The van der Waals surface area contributed by atoms with Gasteiger partial charge in [0.15, 0.2) is 0 Å². The Labute approximate surface area is 214 Å². The Hall–Kier alpha value is -2.24. The van der Waals surface area contributed by atoms with Gasteiger partial charge >= 0.3 is 11.8 Å². The van der Waals surface area contributed by atoms with Crippen LogP contribution in [0.4, 0.5) is 28.9 Å². The van der Waals surface area contributed by atoms with Crippen molar-refractivity contribution in [2.45, 2.75) is 117 Å². The zero-order valence-electron chi connectivity index (χ0n) is 22.5. The summed E-state index contributed by atoms with van der Waals surface area (Å²) in [6.07, 6.45) is 8.38. The lowest BCUT2D eigenvalue weighted by Gasteiger charge is -2.30. The Bertz CT molecular complexity index is 847. The number of benzene rings is 2. The number of rotatable bonds is 15. The van der Waals surface area contributed by atoms with Gasteiger partial charge in [-0.25, -0.2) is 0 Å². The third-order valence-corrected chi connectivity index (χ3v) is 7.02. The molecular weight excluding hydrogens is 464 g/mol. The fourth-order valence-electron chi connectivity index (χ4n) is 4.58. The zero-order chi connectivity index (χ0) is 26.9. The zero-order valence-corrected chi connectivity index (χ0v) is 22.5. The minimum Gasteiger partial charge on any atom is -0.398 e. The lowest BCUT2D eigenvalue weighted by atomic mass is 9.87. The first-order valence-corrected chi connectivity index (χ1v) is 13.6. The van der Waals surface area contributed by atoms with Crippen LogP contribution in [0.15, 0.2) is 24.3 Å². The van der Waals surface area contributed by atoms with E-state index in [0.717, 1.165) is 51.4 Å². The molecule has 0 spiro atoms. The van der Waals surface area contributed by atoms with Gasteiger partial charge in [0.2, 0.25) is 0 Å². The molecule has 0 saturated carbocycles. The van der Waals surface area contributed by atoms with Crippen molar-refractivity contribution in [1.82, 2.24) is 0 Å². The summed E-state index contributed by atoms with van der Waals surface area (Å²) in [5, 5.41) is 0. The Morgan fingerprint density at radius 1 is 0.500 bits per heavy atom. The normalized spacial score (nSPS) is 12.3. The van der Waals surface area contributed by atoms with Crippen LogP contribution in [0.3, 0.4) is 0 Å². The summed E-state index contributed by atoms with van der Waals surface area (Å²) in [5.41, 5.74) is 14.3. The lowest BCUT2D eigenvalue weighted by Crippen LogP contribution is -2.36. The summed E-state index contributed by atoms with van der Waals surface area (Å²) >= 11 is 0. The average molecular weight is 509 g/mol. The number of alkyl halides is 4. The fraction of sp³-hybridized carbons (Fsp3) is 0.600. The Balaban J connectivity index is 2.63. The molecule has 0 saturated heterocycles. The van der Waals surface area contributed by atoms with Gasteiger partial charge in [0.1, 0.15) is 0 Å². The third-order valence-electron chi connectivity index (χ3n) is 7.02. The van der Waals surface area contributed by atoms with Crippen LogP contribution < -0.4 is 11.5 Å². The van der Waals surface area contributed by atoms with Crippen molar-refractivity contribution in [3.63, 3.8) is 0 Å². The molecule has 0 bridgehead atoms. The van der Waals surface area contributed by atoms with Crippen molar-refractivity contribution in [3.8, 4) is 0 Å². The van der Waals surface area contributed by atoms with Crippen molar-refractivity contribution in [2.24, 2.45) is 0 Å². The number of hydrogen-bond acceptors (Lipinski definition) is 2. The first-order valence-electron chi connectivity index (χ1n) is 13.6. The van der Waals surface area contributed by atoms with Crippen LogP contribution in [0.2, 0.25) is 0 Å². The summed E-state index contributed by atoms with van der Waals surface area (Å²) in [5.74, 6) is -8.80. The molecule has 0 aliphatic carbocycles. The molecule has 0 unspecified atom stereocenters. The van der Waals surface area contributed by atoms with E-state index in [1.807, 2.05) is 27.7 Å². The molecule has 2 rings (SSSR count). The number of nitrogen functional groups attached to an aromatic ring is 2. The summed E-state index contributed by atoms with van der Waals surface area (Å²) in [6.45, 7) is 7.98. The molecule has 0 radical (unpaired) electrons. The van der Waals surface area contributed by atoms with Crippen LogP contribution in [0, 0.1) is 0 Å². The number of unbranched alkanes of at least 4 members (excludes halogenated alkanes) is 4. The number of halogens is 4. The van der Waals surface area contributed by atoms with Gasteiger partial charge in [0, 0.05) is 22.5 Å². The number of anilines is 2. The van der Waals surface area contributed by atoms with E-state index in [-0.39, 0.29) is 0 Å². The molecule has 4 N–H and O–H groups in total. The van der Waals surface area contributed by atoms with E-state index in [1.165, 1.54) is 24.3 Å². The standard InChI is InChI=1S/C30H44F4N2/c1-5-9-13-21-17-25(18-22(27(21)35)14-10-6-2)29(31,32)30(33,34)26-19-23(15-11-7-3)28(36)24(20-26)16-12-8-4/h17-20H,5-16,35-36H2,1-4H3. The summed E-state index contributed by atoms with van der Waals surface area (Å²) in [7, 11) is 0. The van der Waals surface area contributed by atoms with Crippen LogP contribution in [-0.4, -0.2) is 0 Å². The Morgan fingerprint density at radius 2 is 0.722 bits per heavy atom. The Kier molecular flexibility index (Phi) is 11.1. The molecule has 2 aromatic rings. The van der Waals surface area contributed by atoms with Crippen LogP contribution >= 0.6 is 0 Å². The molecule has 0 fully saturated rings. The van der Waals surface area contributed by atoms with Crippen LogP contribution in [-0.2, 0) is 37.5 Å². The monoisotopic (exact) mass is 508 g/mol. The summed E-state index contributed by atoms with van der Waals surface area (Å²) in [4.78, 5) is 0. The highest BCUT2D eigenvalue weighted by Crippen LogP contribution is 2.51. The lowest BCUT2D eigenvalue weighted by molar-refractivity contribution is -0.224. The highest BCUT2D eigenvalue weighted by Gasteiger charge is 2.59. The maximum Gasteiger partial charge on any atom is 0.339 e. The average Bonchev–Trinajstić information content (AvgIpc) is 2.85. The number of nitrogens with two attached hydrogens (primary N) is 2. The highest BCUT2D eigenvalue weighted by atomic mass is 19.3. The van der Waals surface area contributed by atoms with Crippen LogP contribution in [0.1, 0.15) is 112 Å². The van der Waals surface area contributed by atoms with E-state index in [9.17, 15) is 0 Å². The second-order valence-corrected chi connectivity index (χ2v) is 9.98. The minimum absolute atomic E-state index is 0.455. The quantitative estimate of drug-likeness (QED) is 0.186. The Morgan fingerprint density at radius 3 is 0.917 bits per heavy atom. The first kappa shape index (κ1) is 30.0.